The van der Waals surface area contributed by atoms with E-state index < -0.39 is 5.97 Å². The number of unbranched alkanes of at least 4 members (excludes halogenated alkanes) is 12. The summed E-state index contributed by atoms with van der Waals surface area (Å²) in [4.78, 5) is 25.1. The van der Waals surface area contributed by atoms with Gasteiger partial charge in [-0.25, -0.2) is 9.59 Å². The molecule has 5 heteroatoms. The molecule has 0 saturated heterocycles. The number of carbonyl (C=O) groups excluding carboxylic acids is 2. The second-order valence-electron chi connectivity index (χ2n) is 12.4. The van der Waals surface area contributed by atoms with Gasteiger partial charge in [-0.1, -0.05) is 103 Å². The van der Waals surface area contributed by atoms with Crippen molar-refractivity contribution < 1.29 is 23.8 Å². The van der Waals surface area contributed by atoms with Gasteiger partial charge in [-0.3, -0.25) is 0 Å². The van der Waals surface area contributed by atoms with Crippen molar-refractivity contribution in [2.45, 2.75) is 123 Å². The van der Waals surface area contributed by atoms with Crippen molar-refractivity contribution in [2.24, 2.45) is 0 Å². The minimum atomic E-state index is -0.478. The Balaban J connectivity index is 1.36. The van der Waals surface area contributed by atoms with E-state index in [9.17, 15) is 9.59 Å². The smallest absolute Gasteiger partial charge is 0.343 e. The van der Waals surface area contributed by atoms with Crippen LogP contribution in [0, 0.1) is 11.8 Å². The summed E-state index contributed by atoms with van der Waals surface area (Å²) < 4.78 is 17.0. The first kappa shape index (κ1) is 37.4. The molecule has 0 N–H and O–H groups in total. The van der Waals surface area contributed by atoms with Crippen molar-refractivity contribution in [3.8, 4) is 23.3 Å². The van der Waals surface area contributed by atoms with Crippen molar-refractivity contribution in [2.75, 3.05) is 6.61 Å². The number of carbonyl (C=O) groups is 2. The van der Waals surface area contributed by atoms with Gasteiger partial charge in [0.25, 0.3) is 0 Å². The number of hydrogen-bond acceptors (Lipinski definition) is 5. The van der Waals surface area contributed by atoms with Crippen molar-refractivity contribution >= 4 is 11.9 Å². The van der Waals surface area contributed by atoms with Gasteiger partial charge in [0.05, 0.1) is 23.8 Å². The van der Waals surface area contributed by atoms with Crippen LogP contribution < -0.4 is 9.47 Å². The average molecular weight is 639 g/mol. The van der Waals surface area contributed by atoms with Crippen LogP contribution in [0.4, 0.5) is 0 Å². The third kappa shape index (κ3) is 15.4. The maximum atomic E-state index is 12.7. The van der Waals surface area contributed by atoms with Crippen molar-refractivity contribution in [1.29, 1.82) is 0 Å². The van der Waals surface area contributed by atoms with Gasteiger partial charge in [-0.2, -0.15) is 0 Å². The molecule has 3 aromatic carbocycles. The standard InChI is InChI=1S/C42H54O5/c1-4-6-8-10-11-12-13-14-15-17-33-45-39-29-23-36(24-30-39)20-19-35-21-25-37(26-22-35)42(44)47-40-31-27-38(28-32-40)41(43)46-34(3)18-16-9-7-5-2/h21-32,34H,4-18,33H2,1-3H3. The van der Waals surface area contributed by atoms with E-state index in [0.717, 1.165) is 49.2 Å². The average Bonchev–Trinajstić information content (AvgIpc) is 3.09. The Labute approximate surface area is 283 Å². The van der Waals surface area contributed by atoms with E-state index in [1.807, 2.05) is 31.2 Å². The Morgan fingerprint density at radius 2 is 1.00 bits per heavy atom. The molecule has 0 aliphatic rings. The van der Waals surface area contributed by atoms with Crippen LogP contribution in [0.3, 0.4) is 0 Å². The molecule has 1 unspecified atom stereocenters. The Morgan fingerprint density at radius 1 is 0.553 bits per heavy atom. The molecule has 0 aliphatic heterocycles. The number of benzene rings is 3. The van der Waals surface area contributed by atoms with Crippen LogP contribution in [0.5, 0.6) is 11.5 Å². The summed E-state index contributed by atoms with van der Waals surface area (Å²) in [5.74, 6) is 6.70. The number of ether oxygens (including phenoxy) is 3. The van der Waals surface area contributed by atoms with Crippen LogP contribution in [-0.2, 0) is 4.74 Å². The zero-order valence-electron chi connectivity index (χ0n) is 28.9. The van der Waals surface area contributed by atoms with Crippen LogP contribution in [-0.4, -0.2) is 24.6 Å². The first-order valence-electron chi connectivity index (χ1n) is 17.9. The molecule has 0 bridgehead atoms. The van der Waals surface area contributed by atoms with E-state index in [-0.39, 0.29) is 12.1 Å². The maximum absolute atomic E-state index is 12.7. The van der Waals surface area contributed by atoms with Gasteiger partial charge in [0.15, 0.2) is 0 Å². The Hall–Kier alpha value is -4.04. The largest absolute Gasteiger partial charge is 0.494 e. The lowest BCUT2D eigenvalue weighted by atomic mass is 10.1. The molecular formula is C42H54O5. The summed E-state index contributed by atoms with van der Waals surface area (Å²) in [5, 5.41) is 0. The Bertz CT molecular complexity index is 1360. The summed E-state index contributed by atoms with van der Waals surface area (Å²) >= 11 is 0. The van der Waals surface area contributed by atoms with Gasteiger partial charge >= 0.3 is 11.9 Å². The fourth-order valence-corrected chi connectivity index (χ4v) is 5.24. The normalized spacial score (nSPS) is 11.3. The van der Waals surface area contributed by atoms with Crippen LogP contribution in [0.25, 0.3) is 0 Å². The molecule has 3 aromatic rings. The van der Waals surface area contributed by atoms with Gasteiger partial charge in [-0.15, -0.1) is 0 Å². The molecular weight excluding hydrogens is 584 g/mol. The summed E-state index contributed by atoms with van der Waals surface area (Å²) in [6.07, 6.45) is 18.4. The molecule has 0 saturated carbocycles. The first-order chi connectivity index (χ1) is 23.0. The molecule has 252 valence electrons. The van der Waals surface area contributed by atoms with Crippen molar-refractivity contribution in [3.05, 3.63) is 95.1 Å². The fourth-order valence-electron chi connectivity index (χ4n) is 5.24. The SMILES string of the molecule is CCCCCCCCCCCCOc1ccc(C#Cc2ccc(C(=O)Oc3ccc(C(=O)OC(C)CCCCCC)cc3)cc2)cc1. The summed E-state index contributed by atoms with van der Waals surface area (Å²) in [6.45, 7) is 7.10. The van der Waals surface area contributed by atoms with Gasteiger partial charge < -0.3 is 14.2 Å². The molecule has 0 aromatic heterocycles. The monoisotopic (exact) mass is 638 g/mol. The summed E-state index contributed by atoms with van der Waals surface area (Å²) in [5.41, 5.74) is 2.54. The van der Waals surface area contributed by atoms with Crippen molar-refractivity contribution in [3.63, 3.8) is 0 Å². The molecule has 0 radical (unpaired) electrons. The molecule has 0 amide bonds. The number of hydrogen-bond donors (Lipinski definition) is 0. The van der Waals surface area contributed by atoms with Gasteiger partial charge in [0.1, 0.15) is 11.5 Å². The van der Waals surface area contributed by atoms with Crippen LogP contribution in [0.15, 0.2) is 72.8 Å². The second-order valence-corrected chi connectivity index (χ2v) is 12.4. The summed E-state index contributed by atoms with van der Waals surface area (Å²) in [6, 6.07) is 21.3. The third-order valence-electron chi connectivity index (χ3n) is 8.17. The van der Waals surface area contributed by atoms with Crippen LogP contribution >= 0.6 is 0 Å². The molecule has 0 heterocycles. The minimum Gasteiger partial charge on any atom is -0.494 e. The molecule has 47 heavy (non-hydrogen) atoms. The van der Waals surface area contributed by atoms with E-state index in [0.29, 0.717) is 16.9 Å². The fraction of sp³-hybridized carbons (Fsp3) is 0.476. The van der Waals surface area contributed by atoms with E-state index in [1.165, 1.54) is 70.6 Å². The lowest BCUT2D eigenvalue weighted by molar-refractivity contribution is 0.0319. The highest BCUT2D eigenvalue weighted by Crippen LogP contribution is 2.18. The van der Waals surface area contributed by atoms with E-state index >= 15 is 0 Å². The lowest BCUT2D eigenvalue weighted by Gasteiger charge is -2.13. The van der Waals surface area contributed by atoms with Gasteiger partial charge in [0.2, 0.25) is 0 Å². The zero-order chi connectivity index (χ0) is 33.5. The topological polar surface area (TPSA) is 61.8 Å². The molecule has 0 spiro atoms. The van der Waals surface area contributed by atoms with Crippen molar-refractivity contribution in [1.82, 2.24) is 0 Å². The predicted octanol–water partition coefficient (Wildman–Crippen LogP) is 11.1. The maximum Gasteiger partial charge on any atom is 0.343 e. The molecule has 0 aliphatic carbocycles. The number of esters is 2. The quantitative estimate of drug-likeness (QED) is 0.0503. The van der Waals surface area contributed by atoms with Gasteiger partial charge in [-0.05, 0) is 99.0 Å². The second kappa shape index (κ2) is 22.5. The molecule has 5 nitrogen and oxygen atoms in total. The van der Waals surface area contributed by atoms with E-state index in [2.05, 4.69) is 25.7 Å². The Morgan fingerprint density at radius 3 is 1.57 bits per heavy atom. The molecule has 0 fully saturated rings. The molecule has 3 rings (SSSR count). The van der Waals surface area contributed by atoms with Crippen LogP contribution in [0.1, 0.15) is 149 Å². The van der Waals surface area contributed by atoms with E-state index in [4.69, 9.17) is 14.2 Å². The highest BCUT2D eigenvalue weighted by Gasteiger charge is 2.13. The lowest BCUT2D eigenvalue weighted by Crippen LogP contribution is -2.15. The third-order valence-corrected chi connectivity index (χ3v) is 8.17. The summed E-state index contributed by atoms with van der Waals surface area (Å²) in [7, 11) is 0. The van der Waals surface area contributed by atoms with E-state index in [1.54, 1.807) is 48.5 Å². The highest BCUT2D eigenvalue weighted by atomic mass is 16.5. The molecule has 1 atom stereocenters. The van der Waals surface area contributed by atoms with Gasteiger partial charge in [0, 0.05) is 11.1 Å². The predicted molar refractivity (Wildman–Crippen MR) is 191 cm³/mol. The highest BCUT2D eigenvalue weighted by molar-refractivity contribution is 5.92. The minimum absolute atomic E-state index is 0.131. The Kier molecular flexibility index (Phi) is 17.9. The number of rotatable bonds is 21. The van der Waals surface area contributed by atoms with Crippen LogP contribution in [0.2, 0.25) is 0 Å². The zero-order valence-corrected chi connectivity index (χ0v) is 28.9. The first-order valence-corrected chi connectivity index (χ1v) is 17.9.